The van der Waals surface area contributed by atoms with E-state index in [1.54, 1.807) is 0 Å². The maximum absolute atomic E-state index is 12.6. The summed E-state index contributed by atoms with van der Waals surface area (Å²) in [6.45, 7) is 8.82. The van der Waals surface area contributed by atoms with Crippen molar-refractivity contribution in [3.8, 4) is 0 Å². The van der Waals surface area contributed by atoms with Gasteiger partial charge in [0.15, 0.2) is 0 Å². The van der Waals surface area contributed by atoms with Crippen LogP contribution in [0.2, 0.25) is 0 Å². The summed E-state index contributed by atoms with van der Waals surface area (Å²) in [7, 11) is 0. The molecule has 2 aliphatic carbocycles. The standard InChI is InChI=1S/C19H32O3/c1-13(8-11-20)6-7-14-15(21)12-16(22)17-18(2,3)9-5-10-19(14,17)4/h8,14,16-17,20,22H,5-7,9-12H2,1-4H3. The van der Waals surface area contributed by atoms with E-state index in [1.165, 1.54) is 0 Å². The molecule has 2 aliphatic rings. The molecule has 0 heterocycles. The molecule has 2 saturated carbocycles. The van der Waals surface area contributed by atoms with Crippen molar-refractivity contribution in [3.05, 3.63) is 11.6 Å². The number of carbonyl (C=O) groups is 1. The van der Waals surface area contributed by atoms with E-state index in [0.717, 1.165) is 37.7 Å². The predicted octanol–water partition coefficient (Wildman–Crippen LogP) is 3.49. The number of carbonyl (C=O) groups excluding carboxylic acids is 1. The van der Waals surface area contributed by atoms with Gasteiger partial charge in [-0.05, 0) is 49.4 Å². The van der Waals surface area contributed by atoms with Gasteiger partial charge in [-0.15, -0.1) is 0 Å². The van der Waals surface area contributed by atoms with E-state index in [4.69, 9.17) is 5.11 Å². The summed E-state index contributed by atoms with van der Waals surface area (Å²) in [6.07, 6.45) is 6.67. The summed E-state index contributed by atoms with van der Waals surface area (Å²) in [5.74, 6) is 0.488. The van der Waals surface area contributed by atoms with Crippen molar-refractivity contribution >= 4 is 5.78 Å². The summed E-state index contributed by atoms with van der Waals surface area (Å²) in [5.41, 5.74) is 1.16. The van der Waals surface area contributed by atoms with Gasteiger partial charge in [-0.3, -0.25) is 4.79 Å². The lowest BCUT2D eigenvalue weighted by Crippen LogP contribution is -2.57. The zero-order valence-electron chi connectivity index (χ0n) is 14.6. The van der Waals surface area contributed by atoms with Crippen molar-refractivity contribution in [1.82, 2.24) is 0 Å². The van der Waals surface area contributed by atoms with Crippen LogP contribution < -0.4 is 0 Å². The lowest BCUT2D eigenvalue weighted by atomic mass is 9.47. The molecule has 3 nitrogen and oxygen atoms in total. The van der Waals surface area contributed by atoms with Gasteiger partial charge in [0.2, 0.25) is 0 Å². The molecule has 2 fully saturated rings. The lowest BCUT2D eigenvalue weighted by Gasteiger charge is -2.58. The normalized spacial score (nSPS) is 38.7. The Kier molecular flexibility index (Phi) is 5.18. The van der Waals surface area contributed by atoms with Crippen LogP contribution in [0.5, 0.6) is 0 Å². The van der Waals surface area contributed by atoms with Crippen LogP contribution in [-0.2, 0) is 4.79 Å². The van der Waals surface area contributed by atoms with Gasteiger partial charge < -0.3 is 10.2 Å². The number of Topliss-reactive ketones (excluding diaryl/α,β-unsaturated/α-hetero) is 1. The van der Waals surface area contributed by atoms with Crippen LogP contribution in [-0.4, -0.2) is 28.7 Å². The molecule has 0 bridgehead atoms. The van der Waals surface area contributed by atoms with Gasteiger partial charge in [0.1, 0.15) is 5.78 Å². The van der Waals surface area contributed by atoms with Crippen molar-refractivity contribution in [2.45, 2.75) is 72.3 Å². The van der Waals surface area contributed by atoms with Crippen LogP contribution in [0, 0.1) is 22.7 Å². The molecular formula is C19H32O3. The molecule has 0 amide bonds. The number of aliphatic hydroxyl groups excluding tert-OH is 2. The minimum absolute atomic E-state index is 0.0440. The average Bonchev–Trinajstić information content (AvgIpc) is 2.36. The van der Waals surface area contributed by atoms with E-state index in [9.17, 15) is 9.90 Å². The Morgan fingerprint density at radius 1 is 1.32 bits per heavy atom. The third-order valence-electron chi connectivity index (χ3n) is 6.34. The van der Waals surface area contributed by atoms with Crippen molar-refractivity contribution < 1.29 is 15.0 Å². The highest BCUT2D eigenvalue weighted by molar-refractivity contribution is 5.83. The molecule has 2 rings (SSSR count). The zero-order chi connectivity index (χ0) is 16.5. The van der Waals surface area contributed by atoms with E-state index >= 15 is 0 Å². The number of hydrogen-bond acceptors (Lipinski definition) is 3. The smallest absolute Gasteiger partial charge is 0.139 e. The quantitative estimate of drug-likeness (QED) is 0.782. The number of hydrogen-bond donors (Lipinski definition) is 2. The monoisotopic (exact) mass is 308 g/mol. The highest BCUT2D eigenvalue weighted by atomic mass is 16.3. The molecule has 0 radical (unpaired) electrons. The summed E-state index contributed by atoms with van der Waals surface area (Å²) < 4.78 is 0. The zero-order valence-corrected chi connectivity index (χ0v) is 14.6. The van der Waals surface area contributed by atoms with Gasteiger partial charge in [0, 0.05) is 12.3 Å². The molecule has 0 spiro atoms. The third kappa shape index (κ3) is 3.16. The molecule has 22 heavy (non-hydrogen) atoms. The van der Waals surface area contributed by atoms with E-state index in [2.05, 4.69) is 20.8 Å². The fourth-order valence-electron chi connectivity index (χ4n) is 5.43. The minimum atomic E-state index is -0.488. The number of aliphatic hydroxyl groups is 2. The van der Waals surface area contributed by atoms with Crippen molar-refractivity contribution in [1.29, 1.82) is 0 Å². The van der Waals surface area contributed by atoms with Gasteiger partial charge in [-0.25, -0.2) is 0 Å². The Morgan fingerprint density at radius 3 is 2.64 bits per heavy atom. The Morgan fingerprint density at radius 2 is 2.00 bits per heavy atom. The maximum Gasteiger partial charge on any atom is 0.139 e. The number of allylic oxidation sites excluding steroid dienone is 1. The van der Waals surface area contributed by atoms with Crippen LogP contribution in [0.1, 0.15) is 66.2 Å². The summed E-state index contributed by atoms with van der Waals surface area (Å²) in [5, 5.41) is 19.6. The number of fused-ring (bicyclic) bond motifs is 1. The largest absolute Gasteiger partial charge is 0.392 e. The maximum atomic E-state index is 12.6. The topological polar surface area (TPSA) is 57.5 Å². The second-order valence-electron chi connectivity index (χ2n) is 8.39. The fraction of sp³-hybridized carbons (Fsp3) is 0.842. The van der Waals surface area contributed by atoms with Crippen molar-refractivity contribution in [2.24, 2.45) is 22.7 Å². The Labute approximate surface area is 134 Å². The van der Waals surface area contributed by atoms with Gasteiger partial charge in [0.25, 0.3) is 0 Å². The minimum Gasteiger partial charge on any atom is -0.392 e. The first-order valence-corrected chi connectivity index (χ1v) is 8.69. The van der Waals surface area contributed by atoms with E-state index < -0.39 is 6.10 Å². The molecular weight excluding hydrogens is 276 g/mol. The van der Waals surface area contributed by atoms with Crippen LogP contribution in [0.3, 0.4) is 0 Å². The van der Waals surface area contributed by atoms with E-state index in [1.807, 2.05) is 13.0 Å². The van der Waals surface area contributed by atoms with Crippen LogP contribution in [0.4, 0.5) is 0 Å². The molecule has 0 aromatic carbocycles. The van der Waals surface area contributed by atoms with Crippen LogP contribution in [0.25, 0.3) is 0 Å². The molecule has 126 valence electrons. The summed E-state index contributed by atoms with van der Waals surface area (Å²) in [6, 6.07) is 0. The molecule has 0 saturated heterocycles. The highest BCUT2D eigenvalue weighted by Crippen LogP contribution is 2.59. The number of rotatable bonds is 4. The Bertz CT molecular complexity index is 452. The van der Waals surface area contributed by atoms with Crippen molar-refractivity contribution in [2.75, 3.05) is 6.61 Å². The molecule has 0 aromatic heterocycles. The fourth-order valence-corrected chi connectivity index (χ4v) is 5.43. The molecule has 2 N–H and O–H groups in total. The van der Waals surface area contributed by atoms with Gasteiger partial charge in [-0.2, -0.15) is 0 Å². The average molecular weight is 308 g/mol. The van der Waals surface area contributed by atoms with E-state index in [0.29, 0.717) is 6.42 Å². The molecule has 4 atom stereocenters. The van der Waals surface area contributed by atoms with Crippen LogP contribution in [0.15, 0.2) is 11.6 Å². The van der Waals surface area contributed by atoms with Crippen molar-refractivity contribution in [3.63, 3.8) is 0 Å². The predicted molar refractivity (Wildman–Crippen MR) is 88.4 cm³/mol. The van der Waals surface area contributed by atoms with E-state index in [-0.39, 0.29) is 35.1 Å². The first-order chi connectivity index (χ1) is 10.2. The Hall–Kier alpha value is -0.670. The first-order valence-electron chi connectivity index (χ1n) is 8.69. The van der Waals surface area contributed by atoms with Gasteiger partial charge in [-0.1, -0.05) is 38.8 Å². The SMILES string of the molecule is CC(=CCO)CCC1C(=O)CC(O)C2C(C)(C)CCCC12C. The molecule has 3 heteroatoms. The van der Waals surface area contributed by atoms with Gasteiger partial charge >= 0.3 is 0 Å². The first kappa shape index (κ1) is 17.7. The second kappa shape index (κ2) is 6.45. The van der Waals surface area contributed by atoms with Crippen LogP contribution >= 0.6 is 0 Å². The molecule has 0 aliphatic heterocycles. The Balaban J connectivity index is 2.24. The summed E-state index contributed by atoms with van der Waals surface area (Å²) >= 11 is 0. The highest BCUT2D eigenvalue weighted by Gasteiger charge is 2.57. The molecule has 4 unspecified atom stereocenters. The molecule has 0 aromatic rings. The van der Waals surface area contributed by atoms with Gasteiger partial charge in [0.05, 0.1) is 12.7 Å². The third-order valence-corrected chi connectivity index (χ3v) is 6.34. The second-order valence-corrected chi connectivity index (χ2v) is 8.39. The lowest BCUT2D eigenvalue weighted by molar-refractivity contribution is -0.163. The summed E-state index contributed by atoms with van der Waals surface area (Å²) in [4.78, 5) is 12.6. The number of ketones is 1.